The topological polar surface area (TPSA) is 76.7 Å². The monoisotopic (exact) mass is 563 g/mol. The van der Waals surface area contributed by atoms with Gasteiger partial charge in [-0.1, -0.05) is 6.07 Å². The molecule has 0 spiro atoms. The van der Waals surface area contributed by atoms with Gasteiger partial charge in [-0.2, -0.15) is 4.98 Å². The number of benzene rings is 2. The van der Waals surface area contributed by atoms with Crippen molar-refractivity contribution in [3.63, 3.8) is 0 Å². The quantitative estimate of drug-likeness (QED) is 0.308. The Kier molecular flexibility index (Phi) is 5.69. The van der Waals surface area contributed by atoms with Crippen LogP contribution in [0.4, 0.5) is 19.0 Å². The number of aromatic nitrogens is 2. The number of nitrogens with one attached hydrogen (secondary N) is 2. The zero-order valence-corrected chi connectivity index (χ0v) is 22.6. The van der Waals surface area contributed by atoms with E-state index in [0.29, 0.717) is 54.0 Å². The van der Waals surface area contributed by atoms with Gasteiger partial charge in [0, 0.05) is 66.7 Å². The summed E-state index contributed by atoms with van der Waals surface area (Å²) in [7, 11) is 0. The first-order valence-corrected chi connectivity index (χ1v) is 14.5. The number of nitrogens with zero attached hydrogens (tertiary/aromatic N) is 3. The number of rotatable bonds is 5. The average Bonchev–Trinajstić information content (AvgIpc) is 3.70. The van der Waals surface area contributed by atoms with Crippen molar-refractivity contribution in [2.45, 2.75) is 55.9 Å². The Labute approximate surface area is 235 Å². The summed E-state index contributed by atoms with van der Waals surface area (Å²) in [5, 5.41) is 15.4. The van der Waals surface area contributed by atoms with Crippen LogP contribution in [-0.4, -0.2) is 76.6 Å². The molecule has 2 aromatic heterocycles. The molecular weight excluding hydrogens is 531 g/mol. The van der Waals surface area contributed by atoms with Crippen molar-refractivity contribution >= 4 is 27.5 Å². The number of anilines is 1. The van der Waals surface area contributed by atoms with Gasteiger partial charge < -0.3 is 25.0 Å². The molecule has 6 heterocycles. The normalized spacial score (nSPS) is 27.8. The van der Waals surface area contributed by atoms with Gasteiger partial charge in [0.25, 0.3) is 0 Å². The van der Waals surface area contributed by atoms with Crippen LogP contribution < -0.4 is 15.0 Å². The van der Waals surface area contributed by atoms with Gasteiger partial charge in [0.15, 0.2) is 17.5 Å². The standard InChI is InChI=1S/C31H32F3N5O2/c32-18-11-31(6-1-7-39(31)13-18)16-41-26-10-23-24(22-9-21(40)8-17-2-5-25(33)28(34)27(17)22)12-35-29(23)30(37-26)38-14-19-3-4-20(15-38)36-19/h2,5,8-10,12,18-20,35-36,40H,1,3-4,6-7,11,13-16H2/t18-,19?,20?,31+/m1/s1. The number of pyridine rings is 1. The summed E-state index contributed by atoms with van der Waals surface area (Å²) in [6.45, 7) is 3.25. The van der Waals surface area contributed by atoms with E-state index in [2.05, 4.69) is 20.1 Å². The number of fused-ring (bicyclic) bond motifs is 5. The van der Waals surface area contributed by atoms with Crippen molar-refractivity contribution in [3.8, 4) is 22.8 Å². The van der Waals surface area contributed by atoms with E-state index in [1.807, 2.05) is 6.07 Å². The first kappa shape index (κ1) is 25.2. The minimum absolute atomic E-state index is 0.0419. The Morgan fingerprint density at radius 1 is 1.07 bits per heavy atom. The third kappa shape index (κ3) is 4.06. The van der Waals surface area contributed by atoms with Gasteiger partial charge in [-0.05, 0) is 61.4 Å². The summed E-state index contributed by atoms with van der Waals surface area (Å²) in [5.41, 5.74) is 1.44. The predicted molar refractivity (Wildman–Crippen MR) is 151 cm³/mol. The Bertz CT molecular complexity index is 1670. The number of hydrogen-bond acceptors (Lipinski definition) is 6. The van der Waals surface area contributed by atoms with Gasteiger partial charge in [-0.15, -0.1) is 0 Å². The Morgan fingerprint density at radius 2 is 1.90 bits per heavy atom. The highest BCUT2D eigenvalue weighted by Crippen LogP contribution is 2.43. The number of aromatic amines is 1. The van der Waals surface area contributed by atoms with E-state index < -0.39 is 17.8 Å². The zero-order valence-electron chi connectivity index (χ0n) is 22.6. The summed E-state index contributed by atoms with van der Waals surface area (Å²) in [6, 6.07) is 8.02. The maximum Gasteiger partial charge on any atom is 0.216 e. The van der Waals surface area contributed by atoms with Crippen molar-refractivity contribution in [1.82, 2.24) is 20.2 Å². The molecule has 4 aliphatic heterocycles. The van der Waals surface area contributed by atoms with Crippen LogP contribution in [0.1, 0.15) is 32.1 Å². The maximum atomic E-state index is 15.2. The van der Waals surface area contributed by atoms with E-state index in [1.54, 1.807) is 6.20 Å². The molecule has 4 atom stereocenters. The molecule has 10 heteroatoms. The van der Waals surface area contributed by atoms with Crippen LogP contribution in [0, 0.1) is 11.6 Å². The number of phenolic OH excluding ortho intramolecular Hbond substituents is 1. The Hall–Kier alpha value is -3.50. The van der Waals surface area contributed by atoms with Crippen LogP contribution in [0.25, 0.3) is 32.8 Å². The van der Waals surface area contributed by atoms with Crippen molar-refractivity contribution in [2.24, 2.45) is 0 Å². The molecule has 0 amide bonds. The van der Waals surface area contributed by atoms with Crippen molar-refractivity contribution < 1.29 is 23.0 Å². The van der Waals surface area contributed by atoms with Crippen LogP contribution in [0.5, 0.6) is 11.6 Å². The van der Waals surface area contributed by atoms with Gasteiger partial charge in [0.1, 0.15) is 18.5 Å². The number of alkyl halides is 1. The molecule has 4 aromatic rings. The second kappa shape index (κ2) is 9.25. The zero-order chi connectivity index (χ0) is 27.9. The number of aromatic hydroxyl groups is 1. The van der Waals surface area contributed by atoms with Crippen LogP contribution in [0.2, 0.25) is 0 Å². The molecule has 4 aliphatic rings. The van der Waals surface area contributed by atoms with E-state index in [4.69, 9.17) is 9.72 Å². The maximum absolute atomic E-state index is 15.2. The molecule has 0 aliphatic carbocycles. The smallest absolute Gasteiger partial charge is 0.216 e. The highest BCUT2D eigenvalue weighted by molar-refractivity contribution is 6.08. The predicted octanol–water partition coefficient (Wildman–Crippen LogP) is 5.26. The van der Waals surface area contributed by atoms with Crippen molar-refractivity contribution in [1.29, 1.82) is 0 Å². The van der Waals surface area contributed by atoms with Crippen molar-refractivity contribution in [2.75, 3.05) is 37.7 Å². The molecule has 4 saturated heterocycles. The molecule has 214 valence electrons. The number of H-pyrrole nitrogens is 1. The molecular formula is C31H32F3N5O2. The number of ether oxygens (including phenoxy) is 1. The summed E-state index contributed by atoms with van der Waals surface area (Å²) in [4.78, 5) is 12.8. The molecule has 4 fully saturated rings. The second-order valence-corrected chi connectivity index (χ2v) is 12.3. The molecule has 8 rings (SSSR count). The van der Waals surface area contributed by atoms with E-state index in [1.165, 1.54) is 18.2 Å². The van der Waals surface area contributed by atoms with Gasteiger partial charge >= 0.3 is 0 Å². The molecule has 2 aromatic carbocycles. The molecule has 41 heavy (non-hydrogen) atoms. The van der Waals surface area contributed by atoms with E-state index in [0.717, 1.165) is 68.1 Å². The highest BCUT2D eigenvalue weighted by atomic mass is 19.2. The van der Waals surface area contributed by atoms with Gasteiger partial charge in [0.2, 0.25) is 5.88 Å². The lowest BCUT2D eigenvalue weighted by molar-refractivity contribution is 0.111. The van der Waals surface area contributed by atoms with Crippen LogP contribution in [-0.2, 0) is 0 Å². The average molecular weight is 564 g/mol. The SMILES string of the molecule is Oc1cc(-c2c[nH]c3c(N4CC5CCC(C4)N5)nc(OC[C@@]45CCCN4C[C@H](F)C5)cc23)c2c(F)c(F)ccc2c1. The van der Waals surface area contributed by atoms with Gasteiger partial charge in [-0.3, -0.25) is 4.90 Å². The minimum atomic E-state index is -0.960. The largest absolute Gasteiger partial charge is 0.508 e. The molecule has 7 nitrogen and oxygen atoms in total. The van der Waals surface area contributed by atoms with Crippen LogP contribution >= 0.6 is 0 Å². The Morgan fingerprint density at radius 3 is 2.73 bits per heavy atom. The molecule has 2 unspecified atom stereocenters. The van der Waals surface area contributed by atoms with Crippen LogP contribution in [0.3, 0.4) is 0 Å². The molecule has 3 N–H and O–H groups in total. The van der Waals surface area contributed by atoms with Gasteiger partial charge in [-0.25, -0.2) is 13.2 Å². The number of halogens is 3. The number of phenols is 1. The lowest BCUT2D eigenvalue weighted by Gasteiger charge is -2.34. The second-order valence-electron chi connectivity index (χ2n) is 12.3. The molecule has 2 bridgehead atoms. The van der Waals surface area contributed by atoms with E-state index in [-0.39, 0.29) is 16.7 Å². The number of piperazine rings is 1. The third-order valence-electron chi connectivity index (χ3n) is 9.68. The lowest BCUT2D eigenvalue weighted by atomic mass is 9.95. The van der Waals surface area contributed by atoms with Crippen LogP contribution in [0.15, 0.2) is 36.5 Å². The summed E-state index contributed by atoms with van der Waals surface area (Å²) in [5.74, 6) is -0.791. The molecule has 0 saturated carbocycles. The molecule has 0 radical (unpaired) electrons. The third-order valence-corrected chi connectivity index (χ3v) is 9.68. The van der Waals surface area contributed by atoms with Gasteiger partial charge in [0.05, 0.1) is 11.1 Å². The van der Waals surface area contributed by atoms with E-state index >= 15 is 4.39 Å². The first-order valence-electron chi connectivity index (χ1n) is 14.5. The number of hydrogen-bond donors (Lipinski definition) is 3. The lowest BCUT2D eigenvalue weighted by Crippen LogP contribution is -2.51. The fraction of sp³-hybridized carbons (Fsp3) is 0.452. The fourth-order valence-corrected chi connectivity index (χ4v) is 7.83. The summed E-state index contributed by atoms with van der Waals surface area (Å²) >= 11 is 0. The fourth-order valence-electron chi connectivity index (χ4n) is 7.83. The first-order chi connectivity index (χ1) is 19.9. The summed E-state index contributed by atoms with van der Waals surface area (Å²) in [6.07, 6.45) is 5.49. The minimum Gasteiger partial charge on any atom is -0.508 e. The Balaban J connectivity index is 1.26. The highest BCUT2D eigenvalue weighted by Gasteiger charge is 2.49. The summed E-state index contributed by atoms with van der Waals surface area (Å²) < 4.78 is 50.4. The van der Waals surface area contributed by atoms with Crippen molar-refractivity contribution in [3.05, 3.63) is 48.2 Å². The van der Waals surface area contributed by atoms with E-state index in [9.17, 15) is 13.9 Å².